The van der Waals surface area contributed by atoms with Crippen LogP contribution in [0, 0.1) is 5.41 Å². The third-order valence-corrected chi connectivity index (χ3v) is 4.27. The van der Waals surface area contributed by atoms with E-state index >= 15 is 0 Å². The SMILES string of the molecule is CC(C)(C)CN1CCC(N2CCC(O)CC2)CC1. The van der Waals surface area contributed by atoms with E-state index in [1.165, 1.54) is 32.5 Å². The highest BCUT2D eigenvalue weighted by molar-refractivity contribution is 4.84. The highest BCUT2D eigenvalue weighted by Crippen LogP contribution is 2.23. The molecule has 2 heterocycles. The van der Waals surface area contributed by atoms with Crippen LogP contribution in [-0.4, -0.2) is 59.8 Å². The van der Waals surface area contributed by atoms with Gasteiger partial charge in [0, 0.05) is 25.7 Å². The molecule has 0 radical (unpaired) electrons. The zero-order chi connectivity index (χ0) is 13.2. The van der Waals surface area contributed by atoms with Gasteiger partial charge in [-0.2, -0.15) is 0 Å². The zero-order valence-electron chi connectivity index (χ0n) is 12.4. The van der Waals surface area contributed by atoms with Crippen molar-refractivity contribution in [2.24, 2.45) is 5.41 Å². The van der Waals surface area contributed by atoms with Crippen molar-refractivity contribution in [2.45, 2.75) is 58.6 Å². The number of hydrogen-bond acceptors (Lipinski definition) is 3. The summed E-state index contributed by atoms with van der Waals surface area (Å²) in [6, 6.07) is 0.772. The fraction of sp³-hybridized carbons (Fsp3) is 1.00. The van der Waals surface area contributed by atoms with Gasteiger partial charge >= 0.3 is 0 Å². The van der Waals surface area contributed by atoms with Crippen LogP contribution in [0.3, 0.4) is 0 Å². The molecule has 3 heteroatoms. The number of likely N-dealkylation sites (tertiary alicyclic amines) is 2. The molecule has 0 aromatic rings. The molecular weight excluding hydrogens is 224 g/mol. The monoisotopic (exact) mass is 254 g/mol. The summed E-state index contributed by atoms with van der Waals surface area (Å²) in [5.41, 5.74) is 0.419. The molecule has 0 aromatic carbocycles. The second-order valence-corrected chi connectivity index (χ2v) is 7.34. The van der Waals surface area contributed by atoms with Gasteiger partial charge in [-0.3, -0.25) is 0 Å². The van der Waals surface area contributed by atoms with Crippen molar-refractivity contribution in [2.75, 3.05) is 32.7 Å². The highest BCUT2D eigenvalue weighted by atomic mass is 16.3. The largest absolute Gasteiger partial charge is 0.393 e. The summed E-state index contributed by atoms with van der Waals surface area (Å²) in [5.74, 6) is 0. The van der Waals surface area contributed by atoms with Crippen molar-refractivity contribution in [3.63, 3.8) is 0 Å². The maximum Gasteiger partial charge on any atom is 0.0564 e. The highest BCUT2D eigenvalue weighted by Gasteiger charge is 2.28. The van der Waals surface area contributed by atoms with Crippen LogP contribution in [0.25, 0.3) is 0 Å². The average molecular weight is 254 g/mol. The number of nitrogens with zero attached hydrogens (tertiary/aromatic N) is 2. The minimum absolute atomic E-state index is 0.0396. The van der Waals surface area contributed by atoms with E-state index < -0.39 is 0 Å². The molecule has 1 N–H and O–H groups in total. The molecule has 0 unspecified atom stereocenters. The Bertz CT molecular complexity index is 246. The van der Waals surface area contributed by atoms with Crippen molar-refractivity contribution in [1.29, 1.82) is 0 Å². The van der Waals surface area contributed by atoms with Crippen LogP contribution in [0.4, 0.5) is 0 Å². The van der Waals surface area contributed by atoms with Crippen LogP contribution < -0.4 is 0 Å². The van der Waals surface area contributed by atoms with E-state index in [0.29, 0.717) is 5.41 Å². The molecule has 106 valence electrons. The Morgan fingerprint density at radius 2 is 1.50 bits per heavy atom. The molecule has 2 rings (SSSR count). The molecule has 0 aromatic heterocycles. The Morgan fingerprint density at radius 3 is 2.00 bits per heavy atom. The molecule has 0 aliphatic carbocycles. The first-order valence-corrected chi connectivity index (χ1v) is 7.58. The molecular formula is C15H30N2O. The number of piperidine rings is 2. The van der Waals surface area contributed by atoms with E-state index in [-0.39, 0.29) is 6.10 Å². The van der Waals surface area contributed by atoms with Gasteiger partial charge in [-0.1, -0.05) is 20.8 Å². The molecule has 0 spiro atoms. The van der Waals surface area contributed by atoms with E-state index in [1.54, 1.807) is 0 Å². The van der Waals surface area contributed by atoms with Gasteiger partial charge in [-0.05, 0) is 44.2 Å². The van der Waals surface area contributed by atoms with Gasteiger partial charge in [0.2, 0.25) is 0 Å². The van der Waals surface area contributed by atoms with Crippen LogP contribution in [0.2, 0.25) is 0 Å². The quantitative estimate of drug-likeness (QED) is 0.816. The van der Waals surface area contributed by atoms with Crippen molar-refractivity contribution < 1.29 is 5.11 Å². The van der Waals surface area contributed by atoms with Crippen molar-refractivity contribution in [3.05, 3.63) is 0 Å². The van der Waals surface area contributed by atoms with Gasteiger partial charge in [-0.25, -0.2) is 0 Å². The fourth-order valence-corrected chi connectivity index (χ4v) is 3.36. The molecule has 2 aliphatic rings. The van der Waals surface area contributed by atoms with Crippen LogP contribution in [0.5, 0.6) is 0 Å². The molecule has 3 nitrogen and oxygen atoms in total. The number of rotatable bonds is 2. The summed E-state index contributed by atoms with van der Waals surface area (Å²) >= 11 is 0. The van der Waals surface area contributed by atoms with Gasteiger partial charge in [0.1, 0.15) is 0 Å². The van der Waals surface area contributed by atoms with Crippen LogP contribution in [0.1, 0.15) is 46.5 Å². The first-order valence-electron chi connectivity index (χ1n) is 7.58. The Kier molecular flexibility index (Phi) is 4.68. The molecule has 0 bridgehead atoms. The van der Waals surface area contributed by atoms with E-state index in [2.05, 4.69) is 30.6 Å². The lowest BCUT2D eigenvalue weighted by Gasteiger charge is -2.42. The molecule has 2 fully saturated rings. The summed E-state index contributed by atoms with van der Waals surface area (Å²) in [6.07, 6.45) is 4.53. The first kappa shape index (κ1) is 14.3. The van der Waals surface area contributed by atoms with Crippen LogP contribution in [0.15, 0.2) is 0 Å². The topological polar surface area (TPSA) is 26.7 Å². The smallest absolute Gasteiger partial charge is 0.0564 e. The Morgan fingerprint density at radius 1 is 0.944 bits per heavy atom. The molecule has 0 atom stereocenters. The lowest BCUT2D eigenvalue weighted by atomic mass is 9.93. The van der Waals surface area contributed by atoms with E-state index in [1.807, 2.05) is 0 Å². The Hall–Kier alpha value is -0.120. The number of hydrogen-bond donors (Lipinski definition) is 1. The van der Waals surface area contributed by atoms with Gasteiger partial charge in [0.15, 0.2) is 0 Å². The Balaban J connectivity index is 1.73. The van der Waals surface area contributed by atoms with Gasteiger partial charge < -0.3 is 14.9 Å². The van der Waals surface area contributed by atoms with Gasteiger partial charge in [0.05, 0.1) is 6.10 Å². The number of aliphatic hydroxyl groups is 1. The molecule has 2 saturated heterocycles. The lowest BCUT2D eigenvalue weighted by molar-refractivity contribution is 0.0338. The summed E-state index contributed by atoms with van der Waals surface area (Å²) in [5, 5.41) is 9.56. The average Bonchev–Trinajstić information content (AvgIpc) is 2.29. The number of aliphatic hydroxyl groups excluding tert-OH is 1. The maximum atomic E-state index is 9.56. The molecule has 2 aliphatic heterocycles. The van der Waals surface area contributed by atoms with E-state index in [0.717, 1.165) is 32.0 Å². The van der Waals surface area contributed by atoms with Crippen molar-refractivity contribution in [3.8, 4) is 0 Å². The summed E-state index contributed by atoms with van der Waals surface area (Å²) in [7, 11) is 0. The van der Waals surface area contributed by atoms with Gasteiger partial charge in [0.25, 0.3) is 0 Å². The van der Waals surface area contributed by atoms with Crippen LogP contribution in [-0.2, 0) is 0 Å². The normalized spacial score (nSPS) is 26.7. The Labute approximate surface area is 112 Å². The summed E-state index contributed by atoms with van der Waals surface area (Å²) in [6.45, 7) is 12.9. The molecule has 0 amide bonds. The molecule has 18 heavy (non-hydrogen) atoms. The predicted octanol–water partition coefficient (Wildman–Crippen LogP) is 1.95. The minimum Gasteiger partial charge on any atom is -0.393 e. The van der Waals surface area contributed by atoms with Gasteiger partial charge in [-0.15, -0.1) is 0 Å². The first-order chi connectivity index (χ1) is 8.44. The summed E-state index contributed by atoms with van der Waals surface area (Å²) in [4.78, 5) is 5.23. The zero-order valence-corrected chi connectivity index (χ0v) is 12.4. The van der Waals surface area contributed by atoms with Crippen molar-refractivity contribution in [1.82, 2.24) is 9.80 Å². The summed E-state index contributed by atoms with van der Waals surface area (Å²) < 4.78 is 0. The van der Waals surface area contributed by atoms with Crippen molar-refractivity contribution >= 4 is 0 Å². The van der Waals surface area contributed by atoms with E-state index in [4.69, 9.17) is 0 Å². The maximum absolute atomic E-state index is 9.56. The standard InChI is InChI=1S/C15H30N2O/c1-15(2,3)12-16-8-4-13(5-9-16)17-10-6-14(18)7-11-17/h13-14,18H,4-12H2,1-3H3. The van der Waals surface area contributed by atoms with E-state index in [9.17, 15) is 5.11 Å². The predicted molar refractivity (Wildman–Crippen MR) is 75.7 cm³/mol. The minimum atomic E-state index is -0.0396. The fourth-order valence-electron chi connectivity index (χ4n) is 3.36. The van der Waals surface area contributed by atoms with Crippen LogP contribution >= 0.6 is 0 Å². The molecule has 0 saturated carbocycles. The third-order valence-electron chi connectivity index (χ3n) is 4.27. The second-order valence-electron chi connectivity index (χ2n) is 7.34. The second kappa shape index (κ2) is 5.89. The lowest BCUT2D eigenvalue weighted by Crippen LogP contribution is -2.49. The third kappa shape index (κ3) is 4.22.